The number of hydrogen-bond acceptors (Lipinski definition) is 3. The van der Waals surface area contributed by atoms with Crippen LogP contribution in [-0.2, 0) is 10.0 Å². The van der Waals surface area contributed by atoms with Crippen molar-refractivity contribution in [1.29, 1.82) is 0 Å². The van der Waals surface area contributed by atoms with Gasteiger partial charge in [0.25, 0.3) is 0 Å². The van der Waals surface area contributed by atoms with Crippen molar-refractivity contribution in [2.45, 2.75) is 31.2 Å². The molecule has 0 aromatic heterocycles. The molecule has 0 radical (unpaired) electrons. The fourth-order valence-electron chi connectivity index (χ4n) is 2.54. The molecule has 0 aliphatic heterocycles. The van der Waals surface area contributed by atoms with Crippen LogP contribution in [0.2, 0.25) is 10.0 Å². The maximum absolute atomic E-state index is 12.9. The first-order valence-electron chi connectivity index (χ1n) is 7.85. The Kier molecular flexibility index (Phi) is 6.74. The molecule has 2 rings (SSSR count). The summed E-state index contributed by atoms with van der Waals surface area (Å²) >= 11 is 12.3. The highest BCUT2D eigenvalue weighted by Crippen LogP contribution is 2.37. The van der Waals surface area contributed by atoms with Crippen LogP contribution < -0.4 is 9.46 Å². The molecule has 0 saturated heterocycles. The minimum Gasteiger partial charge on any atom is -0.495 e. The molecule has 25 heavy (non-hydrogen) atoms. The number of benzene rings is 2. The van der Waals surface area contributed by atoms with E-state index in [0.717, 1.165) is 5.56 Å². The van der Waals surface area contributed by atoms with Crippen LogP contribution in [0, 0.1) is 5.92 Å². The number of rotatable bonds is 7. The number of methoxy groups -OCH3 is 1. The van der Waals surface area contributed by atoms with E-state index in [1.54, 1.807) is 0 Å². The normalized spacial score (nSPS) is 13.0. The average molecular weight is 402 g/mol. The van der Waals surface area contributed by atoms with Gasteiger partial charge in [-0.2, -0.15) is 0 Å². The van der Waals surface area contributed by atoms with Gasteiger partial charge in [-0.15, -0.1) is 0 Å². The van der Waals surface area contributed by atoms with Crippen LogP contribution in [0.15, 0.2) is 47.4 Å². The van der Waals surface area contributed by atoms with E-state index in [1.807, 2.05) is 44.2 Å². The number of ether oxygens (including phenoxy) is 1. The summed E-state index contributed by atoms with van der Waals surface area (Å²) in [4.78, 5) is -0.0651. The third-order valence-corrected chi connectivity index (χ3v) is 6.22. The lowest BCUT2D eigenvalue weighted by atomic mass is 9.98. The average Bonchev–Trinajstić information content (AvgIpc) is 2.56. The van der Waals surface area contributed by atoms with Crippen molar-refractivity contribution >= 4 is 33.2 Å². The zero-order valence-electron chi connectivity index (χ0n) is 14.3. The molecule has 2 aromatic rings. The van der Waals surface area contributed by atoms with E-state index in [2.05, 4.69) is 4.72 Å². The van der Waals surface area contributed by atoms with Crippen LogP contribution in [0.4, 0.5) is 0 Å². The minimum atomic E-state index is -3.85. The molecule has 0 aliphatic rings. The van der Waals surface area contributed by atoms with Gasteiger partial charge in [-0.05, 0) is 30.0 Å². The van der Waals surface area contributed by atoms with Crippen LogP contribution in [0.3, 0.4) is 0 Å². The Morgan fingerprint density at radius 1 is 1.04 bits per heavy atom. The number of halogens is 2. The highest BCUT2D eigenvalue weighted by Gasteiger charge is 2.26. The summed E-state index contributed by atoms with van der Waals surface area (Å²) in [5.74, 6) is 0.634. The Labute approximate surface area is 159 Å². The predicted octanol–water partition coefficient (Wildman–Crippen LogP) is 5.07. The van der Waals surface area contributed by atoms with Crippen molar-refractivity contribution in [3.63, 3.8) is 0 Å². The second kappa shape index (κ2) is 8.41. The summed E-state index contributed by atoms with van der Waals surface area (Å²) < 4.78 is 33.6. The van der Waals surface area contributed by atoms with Gasteiger partial charge < -0.3 is 4.74 Å². The molecular weight excluding hydrogens is 381 g/mol. The second-order valence-corrected chi connectivity index (χ2v) is 8.55. The SMILES string of the molecule is COc1ccc(S(=O)(=O)NC(CC(C)C)c2ccccc2)c(Cl)c1Cl. The molecule has 136 valence electrons. The summed E-state index contributed by atoms with van der Waals surface area (Å²) in [6.45, 7) is 4.09. The van der Waals surface area contributed by atoms with Gasteiger partial charge in [-0.3, -0.25) is 0 Å². The van der Waals surface area contributed by atoms with Crippen molar-refractivity contribution < 1.29 is 13.2 Å². The summed E-state index contributed by atoms with van der Waals surface area (Å²) in [6.07, 6.45) is 0.657. The smallest absolute Gasteiger partial charge is 0.242 e. The zero-order valence-corrected chi connectivity index (χ0v) is 16.6. The lowest BCUT2D eigenvalue weighted by Gasteiger charge is -2.22. The van der Waals surface area contributed by atoms with Gasteiger partial charge >= 0.3 is 0 Å². The summed E-state index contributed by atoms with van der Waals surface area (Å²) in [5.41, 5.74) is 0.899. The lowest BCUT2D eigenvalue weighted by Crippen LogP contribution is -2.30. The molecule has 1 atom stereocenters. The molecular formula is C18H21Cl2NO3S. The van der Waals surface area contributed by atoms with Crippen LogP contribution in [-0.4, -0.2) is 15.5 Å². The largest absolute Gasteiger partial charge is 0.495 e. The molecule has 1 N–H and O–H groups in total. The van der Waals surface area contributed by atoms with Gasteiger partial charge in [0.05, 0.1) is 12.1 Å². The van der Waals surface area contributed by atoms with E-state index in [4.69, 9.17) is 27.9 Å². The predicted molar refractivity (Wildman–Crippen MR) is 102 cm³/mol. The molecule has 0 fully saturated rings. The Balaban J connectivity index is 2.39. The topological polar surface area (TPSA) is 55.4 Å². The van der Waals surface area contributed by atoms with Crippen LogP contribution in [0.25, 0.3) is 0 Å². The number of nitrogens with one attached hydrogen (secondary N) is 1. The van der Waals surface area contributed by atoms with E-state index < -0.39 is 10.0 Å². The molecule has 7 heteroatoms. The summed E-state index contributed by atoms with van der Waals surface area (Å²) in [5, 5.41) is 0.0250. The molecule has 2 aromatic carbocycles. The van der Waals surface area contributed by atoms with Gasteiger partial charge in [-0.1, -0.05) is 67.4 Å². The van der Waals surface area contributed by atoms with E-state index in [0.29, 0.717) is 18.1 Å². The molecule has 0 amide bonds. The summed E-state index contributed by atoms with van der Waals surface area (Å²) in [6, 6.07) is 12.0. The van der Waals surface area contributed by atoms with E-state index in [-0.39, 0.29) is 21.0 Å². The number of sulfonamides is 1. The van der Waals surface area contributed by atoms with Crippen LogP contribution >= 0.6 is 23.2 Å². The van der Waals surface area contributed by atoms with E-state index in [1.165, 1.54) is 19.2 Å². The number of hydrogen-bond donors (Lipinski definition) is 1. The van der Waals surface area contributed by atoms with Crippen molar-refractivity contribution in [2.24, 2.45) is 5.92 Å². The zero-order chi connectivity index (χ0) is 18.6. The van der Waals surface area contributed by atoms with Crippen LogP contribution in [0.5, 0.6) is 5.75 Å². The van der Waals surface area contributed by atoms with E-state index >= 15 is 0 Å². The highest BCUT2D eigenvalue weighted by molar-refractivity contribution is 7.89. The summed E-state index contributed by atoms with van der Waals surface area (Å²) in [7, 11) is -2.41. The molecule has 0 spiro atoms. The van der Waals surface area contributed by atoms with Crippen molar-refractivity contribution in [1.82, 2.24) is 4.72 Å². The monoisotopic (exact) mass is 401 g/mol. The first-order valence-corrected chi connectivity index (χ1v) is 10.1. The molecule has 4 nitrogen and oxygen atoms in total. The first-order chi connectivity index (χ1) is 11.8. The Bertz CT molecular complexity index is 824. The fourth-order valence-corrected chi connectivity index (χ4v) is 4.62. The molecule has 1 unspecified atom stereocenters. The van der Waals surface area contributed by atoms with Crippen molar-refractivity contribution in [3.8, 4) is 5.75 Å². The highest BCUT2D eigenvalue weighted by atomic mass is 35.5. The minimum absolute atomic E-state index is 0.0510. The Morgan fingerprint density at radius 3 is 2.24 bits per heavy atom. The quantitative estimate of drug-likeness (QED) is 0.704. The van der Waals surface area contributed by atoms with Gasteiger partial charge in [-0.25, -0.2) is 13.1 Å². The Hall–Kier alpha value is -1.27. The van der Waals surface area contributed by atoms with Crippen LogP contribution in [0.1, 0.15) is 31.9 Å². The van der Waals surface area contributed by atoms with E-state index in [9.17, 15) is 8.42 Å². The van der Waals surface area contributed by atoms with Crippen molar-refractivity contribution in [2.75, 3.05) is 7.11 Å². The fraction of sp³-hybridized carbons (Fsp3) is 0.333. The third kappa shape index (κ3) is 4.88. The molecule has 0 aliphatic carbocycles. The van der Waals surface area contributed by atoms with Gasteiger partial charge in [0.15, 0.2) is 0 Å². The lowest BCUT2D eigenvalue weighted by molar-refractivity contribution is 0.414. The third-order valence-electron chi connectivity index (χ3n) is 3.73. The molecule has 0 saturated carbocycles. The Morgan fingerprint density at radius 2 is 1.68 bits per heavy atom. The molecule has 0 bridgehead atoms. The van der Waals surface area contributed by atoms with Crippen molar-refractivity contribution in [3.05, 3.63) is 58.1 Å². The maximum atomic E-state index is 12.9. The maximum Gasteiger partial charge on any atom is 0.242 e. The second-order valence-electron chi connectivity index (χ2n) is 6.11. The molecule has 0 heterocycles. The first kappa shape index (κ1) is 20.0. The van der Waals surface area contributed by atoms with Gasteiger partial charge in [0.1, 0.15) is 15.7 Å². The van der Waals surface area contributed by atoms with Gasteiger partial charge in [0.2, 0.25) is 10.0 Å². The standard InChI is InChI=1S/C18H21Cl2NO3S/c1-12(2)11-14(13-7-5-4-6-8-13)21-25(22,23)16-10-9-15(24-3)17(19)18(16)20/h4-10,12,14,21H,11H2,1-3H3. The van der Waals surface area contributed by atoms with Gasteiger partial charge in [0, 0.05) is 6.04 Å².